The van der Waals surface area contributed by atoms with Crippen LogP contribution in [0.5, 0.6) is 5.88 Å². The number of hydrogen-bond donors (Lipinski definition) is 1. The van der Waals surface area contributed by atoms with E-state index < -0.39 is 5.60 Å². The van der Waals surface area contributed by atoms with Gasteiger partial charge in [0.25, 0.3) is 0 Å². The van der Waals surface area contributed by atoms with Gasteiger partial charge in [0.2, 0.25) is 5.88 Å². The SMILES string of the molecule is COc1ccc(CN2CC[C@@](O)(c3ccccc3)C2)cn1. The maximum Gasteiger partial charge on any atom is 0.212 e. The van der Waals surface area contributed by atoms with Crippen LogP contribution in [0.4, 0.5) is 0 Å². The number of hydrogen-bond acceptors (Lipinski definition) is 4. The summed E-state index contributed by atoms with van der Waals surface area (Å²) in [5.41, 5.74) is 1.40. The van der Waals surface area contributed by atoms with Gasteiger partial charge in [0.15, 0.2) is 0 Å². The number of benzene rings is 1. The molecule has 2 heterocycles. The molecule has 1 N–H and O–H groups in total. The Morgan fingerprint density at radius 1 is 1.24 bits per heavy atom. The number of ether oxygens (including phenoxy) is 1. The summed E-state index contributed by atoms with van der Waals surface area (Å²) in [6, 6.07) is 13.8. The maximum atomic E-state index is 10.8. The normalized spacial score (nSPS) is 22.4. The lowest BCUT2D eigenvalue weighted by atomic mass is 9.93. The number of methoxy groups -OCH3 is 1. The predicted molar refractivity (Wildman–Crippen MR) is 81.0 cm³/mol. The lowest BCUT2D eigenvalue weighted by Crippen LogP contribution is -2.30. The Bertz CT molecular complexity index is 585. The van der Waals surface area contributed by atoms with Gasteiger partial charge in [0.1, 0.15) is 5.60 Å². The molecule has 1 aliphatic heterocycles. The van der Waals surface area contributed by atoms with Crippen molar-refractivity contribution in [3.63, 3.8) is 0 Å². The summed E-state index contributed by atoms with van der Waals surface area (Å²) in [7, 11) is 1.61. The number of nitrogens with zero attached hydrogens (tertiary/aromatic N) is 2. The van der Waals surface area contributed by atoms with E-state index in [1.54, 1.807) is 7.11 Å². The highest BCUT2D eigenvalue weighted by molar-refractivity contribution is 5.24. The van der Waals surface area contributed by atoms with Gasteiger partial charge in [-0.05, 0) is 17.5 Å². The molecule has 0 radical (unpaired) electrons. The van der Waals surface area contributed by atoms with Crippen molar-refractivity contribution in [3.8, 4) is 5.88 Å². The Morgan fingerprint density at radius 2 is 2.05 bits per heavy atom. The van der Waals surface area contributed by atoms with Crippen molar-refractivity contribution in [2.24, 2.45) is 0 Å². The lowest BCUT2D eigenvalue weighted by Gasteiger charge is -2.24. The first-order valence-electron chi connectivity index (χ1n) is 7.19. The average Bonchev–Trinajstić information content (AvgIpc) is 2.91. The highest BCUT2D eigenvalue weighted by Crippen LogP contribution is 2.32. The molecule has 0 bridgehead atoms. The van der Waals surface area contributed by atoms with Crippen LogP contribution in [-0.2, 0) is 12.1 Å². The molecular weight excluding hydrogens is 264 g/mol. The zero-order chi connectivity index (χ0) is 14.7. The van der Waals surface area contributed by atoms with E-state index in [-0.39, 0.29) is 0 Å². The van der Waals surface area contributed by atoms with Crippen molar-refractivity contribution in [1.29, 1.82) is 0 Å². The first-order valence-corrected chi connectivity index (χ1v) is 7.19. The van der Waals surface area contributed by atoms with E-state index >= 15 is 0 Å². The summed E-state index contributed by atoms with van der Waals surface area (Å²) in [4.78, 5) is 6.48. The molecule has 1 aromatic heterocycles. The second kappa shape index (κ2) is 5.84. The highest BCUT2D eigenvalue weighted by Gasteiger charge is 2.37. The molecule has 3 rings (SSSR count). The van der Waals surface area contributed by atoms with E-state index in [0.29, 0.717) is 12.4 Å². The second-order valence-corrected chi connectivity index (χ2v) is 5.57. The number of pyridine rings is 1. The standard InChI is InChI=1S/C17H20N2O2/c1-21-16-8-7-14(11-18-16)12-19-10-9-17(20,13-19)15-5-3-2-4-6-15/h2-8,11,20H,9-10,12-13H2,1H3/t17-/m0/s1. The molecule has 1 saturated heterocycles. The summed E-state index contributed by atoms with van der Waals surface area (Å²) >= 11 is 0. The van der Waals surface area contributed by atoms with E-state index in [9.17, 15) is 5.11 Å². The van der Waals surface area contributed by atoms with Gasteiger partial charge in [-0.15, -0.1) is 0 Å². The van der Waals surface area contributed by atoms with Gasteiger partial charge in [-0.25, -0.2) is 4.98 Å². The highest BCUT2D eigenvalue weighted by atomic mass is 16.5. The van der Waals surface area contributed by atoms with Gasteiger partial charge in [-0.2, -0.15) is 0 Å². The monoisotopic (exact) mass is 284 g/mol. The van der Waals surface area contributed by atoms with Crippen LogP contribution in [0, 0.1) is 0 Å². The fourth-order valence-corrected chi connectivity index (χ4v) is 2.87. The van der Waals surface area contributed by atoms with Crippen LogP contribution < -0.4 is 4.74 Å². The van der Waals surface area contributed by atoms with Crippen LogP contribution in [0.15, 0.2) is 48.7 Å². The molecular formula is C17H20N2O2. The number of likely N-dealkylation sites (tertiary alicyclic amines) is 1. The molecule has 21 heavy (non-hydrogen) atoms. The molecule has 0 amide bonds. The Balaban J connectivity index is 1.66. The maximum absolute atomic E-state index is 10.8. The number of aromatic nitrogens is 1. The summed E-state index contributed by atoms with van der Waals surface area (Å²) in [6.07, 6.45) is 2.60. The molecule has 4 nitrogen and oxygen atoms in total. The van der Waals surface area contributed by atoms with Gasteiger partial charge in [-0.3, -0.25) is 4.90 Å². The molecule has 1 atom stereocenters. The van der Waals surface area contributed by atoms with Crippen molar-refractivity contribution >= 4 is 0 Å². The van der Waals surface area contributed by atoms with Crippen molar-refractivity contribution in [2.45, 2.75) is 18.6 Å². The Hall–Kier alpha value is -1.91. The minimum Gasteiger partial charge on any atom is -0.481 e. The summed E-state index contributed by atoms with van der Waals surface area (Å²) in [6.45, 7) is 2.34. The fourth-order valence-electron chi connectivity index (χ4n) is 2.87. The van der Waals surface area contributed by atoms with Crippen molar-refractivity contribution < 1.29 is 9.84 Å². The van der Waals surface area contributed by atoms with Crippen LogP contribution >= 0.6 is 0 Å². The van der Waals surface area contributed by atoms with E-state index in [2.05, 4.69) is 9.88 Å². The zero-order valence-electron chi connectivity index (χ0n) is 12.2. The van der Waals surface area contributed by atoms with Gasteiger partial charge < -0.3 is 9.84 Å². The van der Waals surface area contributed by atoms with Gasteiger partial charge in [0, 0.05) is 31.9 Å². The minimum absolute atomic E-state index is 0.626. The Labute approximate surface area is 125 Å². The molecule has 110 valence electrons. The van der Waals surface area contributed by atoms with Crippen molar-refractivity contribution in [1.82, 2.24) is 9.88 Å². The van der Waals surface area contributed by atoms with Gasteiger partial charge in [-0.1, -0.05) is 36.4 Å². The quantitative estimate of drug-likeness (QED) is 0.935. The molecule has 1 fully saturated rings. The summed E-state index contributed by atoms with van der Waals surface area (Å²) in [5, 5.41) is 10.8. The molecule has 1 aliphatic rings. The second-order valence-electron chi connectivity index (χ2n) is 5.57. The summed E-state index contributed by atoms with van der Waals surface area (Å²) in [5.74, 6) is 0.626. The summed E-state index contributed by atoms with van der Waals surface area (Å²) < 4.78 is 5.07. The smallest absolute Gasteiger partial charge is 0.212 e. The Morgan fingerprint density at radius 3 is 2.71 bits per heavy atom. The topological polar surface area (TPSA) is 45.6 Å². The first-order chi connectivity index (χ1) is 10.2. The third kappa shape index (κ3) is 3.06. The number of β-amino-alcohol motifs (C(OH)–C–C–N with tert-alkyl or cyclic N) is 1. The third-order valence-corrected chi connectivity index (χ3v) is 4.05. The van der Waals surface area contributed by atoms with Crippen LogP contribution in [0.1, 0.15) is 17.5 Å². The van der Waals surface area contributed by atoms with E-state index in [1.807, 2.05) is 48.7 Å². The molecule has 0 spiro atoms. The molecule has 0 unspecified atom stereocenters. The van der Waals surface area contributed by atoms with Crippen LogP contribution in [-0.4, -0.2) is 35.2 Å². The zero-order valence-corrected chi connectivity index (χ0v) is 12.2. The number of rotatable bonds is 4. The van der Waals surface area contributed by atoms with Crippen LogP contribution in [0.25, 0.3) is 0 Å². The average molecular weight is 284 g/mol. The van der Waals surface area contributed by atoms with Crippen LogP contribution in [0.2, 0.25) is 0 Å². The molecule has 0 saturated carbocycles. The van der Waals surface area contributed by atoms with E-state index in [4.69, 9.17) is 4.74 Å². The van der Waals surface area contributed by atoms with Crippen LogP contribution in [0.3, 0.4) is 0 Å². The molecule has 2 aromatic rings. The minimum atomic E-state index is -0.735. The number of aliphatic hydroxyl groups is 1. The van der Waals surface area contributed by atoms with E-state index in [0.717, 1.165) is 30.6 Å². The molecule has 0 aliphatic carbocycles. The van der Waals surface area contributed by atoms with Gasteiger partial charge in [0.05, 0.1) is 7.11 Å². The van der Waals surface area contributed by atoms with Crippen molar-refractivity contribution in [3.05, 3.63) is 59.8 Å². The largest absolute Gasteiger partial charge is 0.481 e. The Kier molecular flexibility index (Phi) is 3.90. The molecule has 4 heteroatoms. The first kappa shape index (κ1) is 14.0. The van der Waals surface area contributed by atoms with Gasteiger partial charge >= 0.3 is 0 Å². The third-order valence-electron chi connectivity index (χ3n) is 4.05. The van der Waals surface area contributed by atoms with E-state index in [1.165, 1.54) is 0 Å². The predicted octanol–water partition coefficient (Wildman–Crippen LogP) is 2.18. The fraction of sp³-hybridized carbons (Fsp3) is 0.353. The lowest BCUT2D eigenvalue weighted by molar-refractivity contribution is 0.0453. The molecule has 1 aromatic carbocycles. The van der Waals surface area contributed by atoms with Crippen molar-refractivity contribution in [2.75, 3.05) is 20.2 Å².